The SMILES string of the molecule is CC(CC(C)(C)C)Nc1ccnc(Cl)c1. The molecule has 0 aliphatic carbocycles. The summed E-state index contributed by atoms with van der Waals surface area (Å²) in [6.45, 7) is 8.90. The standard InChI is InChI=1S/C12H19ClN2/c1-9(8-12(2,3)4)15-10-5-6-14-11(13)7-10/h5-7,9H,8H2,1-4H3,(H,14,15). The van der Waals surface area contributed by atoms with Crippen molar-refractivity contribution in [1.29, 1.82) is 0 Å². The van der Waals surface area contributed by atoms with E-state index in [-0.39, 0.29) is 0 Å². The first-order chi connectivity index (χ1) is 6.87. The Balaban J connectivity index is 2.55. The highest BCUT2D eigenvalue weighted by atomic mass is 35.5. The third-order valence-corrected chi connectivity index (χ3v) is 2.26. The van der Waals surface area contributed by atoms with E-state index in [1.54, 1.807) is 6.20 Å². The molecule has 0 fully saturated rings. The number of halogens is 1. The van der Waals surface area contributed by atoms with Gasteiger partial charge in [0.05, 0.1) is 0 Å². The second kappa shape index (κ2) is 4.84. The maximum atomic E-state index is 5.81. The van der Waals surface area contributed by atoms with E-state index >= 15 is 0 Å². The molecule has 0 spiro atoms. The molecule has 84 valence electrons. The van der Waals surface area contributed by atoms with Gasteiger partial charge in [-0.3, -0.25) is 0 Å². The summed E-state index contributed by atoms with van der Waals surface area (Å²) in [6.07, 6.45) is 2.83. The maximum absolute atomic E-state index is 5.81. The second-order valence-corrected chi connectivity index (χ2v) is 5.56. The van der Waals surface area contributed by atoms with E-state index in [1.807, 2.05) is 12.1 Å². The first kappa shape index (κ1) is 12.3. The lowest BCUT2D eigenvalue weighted by atomic mass is 9.88. The smallest absolute Gasteiger partial charge is 0.131 e. The molecule has 0 amide bonds. The van der Waals surface area contributed by atoms with Gasteiger partial charge in [-0.2, -0.15) is 0 Å². The zero-order valence-corrected chi connectivity index (χ0v) is 10.6. The van der Waals surface area contributed by atoms with Crippen LogP contribution in [0.3, 0.4) is 0 Å². The van der Waals surface area contributed by atoms with Crippen molar-refractivity contribution in [3.8, 4) is 0 Å². The summed E-state index contributed by atoms with van der Waals surface area (Å²) >= 11 is 5.81. The molecule has 0 aliphatic rings. The lowest BCUT2D eigenvalue weighted by molar-refractivity contribution is 0.358. The lowest BCUT2D eigenvalue weighted by Crippen LogP contribution is -2.22. The normalized spacial score (nSPS) is 13.7. The van der Waals surface area contributed by atoms with Gasteiger partial charge < -0.3 is 5.32 Å². The molecular formula is C12H19ClN2. The van der Waals surface area contributed by atoms with Crippen LogP contribution < -0.4 is 5.32 Å². The highest BCUT2D eigenvalue weighted by Gasteiger charge is 2.14. The Morgan fingerprint density at radius 3 is 2.67 bits per heavy atom. The highest BCUT2D eigenvalue weighted by Crippen LogP contribution is 2.23. The van der Waals surface area contributed by atoms with E-state index in [9.17, 15) is 0 Å². The van der Waals surface area contributed by atoms with Crippen molar-refractivity contribution >= 4 is 17.3 Å². The van der Waals surface area contributed by atoms with E-state index in [0.29, 0.717) is 16.6 Å². The van der Waals surface area contributed by atoms with Gasteiger partial charge in [-0.1, -0.05) is 32.4 Å². The molecule has 0 aliphatic heterocycles. The Labute approximate surface area is 97.1 Å². The number of aromatic nitrogens is 1. The van der Waals surface area contributed by atoms with Crippen molar-refractivity contribution in [1.82, 2.24) is 4.98 Å². The number of pyridine rings is 1. The van der Waals surface area contributed by atoms with Gasteiger partial charge in [-0.05, 0) is 30.9 Å². The third kappa shape index (κ3) is 5.03. The van der Waals surface area contributed by atoms with Crippen LogP contribution in [0.1, 0.15) is 34.1 Å². The summed E-state index contributed by atoms with van der Waals surface area (Å²) in [6, 6.07) is 4.22. The zero-order valence-electron chi connectivity index (χ0n) is 9.84. The van der Waals surface area contributed by atoms with Crippen molar-refractivity contribution in [2.24, 2.45) is 5.41 Å². The minimum Gasteiger partial charge on any atom is -0.382 e. The number of rotatable bonds is 3. The molecule has 1 aromatic rings. The van der Waals surface area contributed by atoms with Crippen LogP contribution in [0, 0.1) is 5.41 Å². The van der Waals surface area contributed by atoms with Crippen molar-refractivity contribution < 1.29 is 0 Å². The number of nitrogens with zero attached hydrogens (tertiary/aromatic N) is 1. The molecule has 1 aromatic heterocycles. The van der Waals surface area contributed by atoms with Crippen LogP contribution in [0.15, 0.2) is 18.3 Å². The second-order valence-electron chi connectivity index (χ2n) is 5.18. The molecule has 1 atom stereocenters. The lowest BCUT2D eigenvalue weighted by Gasteiger charge is -2.24. The largest absolute Gasteiger partial charge is 0.382 e. The van der Waals surface area contributed by atoms with Crippen LogP contribution in [-0.4, -0.2) is 11.0 Å². The molecule has 1 rings (SSSR count). The number of anilines is 1. The predicted octanol–water partition coefficient (Wildman–Crippen LogP) is 3.97. The fourth-order valence-electron chi connectivity index (χ4n) is 1.75. The monoisotopic (exact) mass is 226 g/mol. The first-order valence-electron chi connectivity index (χ1n) is 5.25. The zero-order chi connectivity index (χ0) is 11.5. The van der Waals surface area contributed by atoms with Gasteiger partial charge in [0, 0.05) is 17.9 Å². The van der Waals surface area contributed by atoms with E-state index in [4.69, 9.17) is 11.6 Å². The van der Waals surface area contributed by atoms with Crippen molar-refractivity contribution in [3.05, 3.63) is 23.5 Å². The Morgan fingerprint density at radius 2 is 2.13 bits per heavy atom. The first-order valence-corrected chi connectivity index (χ1v) is 5.63. The van der Waals surface area contributed by atoms with E-state index in [0.717, 1.165) is 12.1 Å². The van der Waals surface area contributed by atoms with Crippen LogP contribution in [0.25, 0.3) is 0 Å². The number of nitrogens with one attached hydrogen (secondary N) is 1. The van der Waals surface area contributed by atoms with Gasteiger partial charge in [0.1, 0.15) is 5.15 Å². The molecule has 0 saturated carbocycles. The minimum absolute atomic E-state index is 0.337. The van der Waals surface area contributed by atoms with Crippen molar-refractivity contribution in [3.63, 3.8) is 0 Å². The summed E-state index contributed by atoms with van der Waals surface area (Å²) in [5.41, 5.74) is 1.37. The molecule has 0 saturated heterocycles. The van der Waals surface area contributed by atoms with Crippen LogP contribution >= 0.6 is 11.6 Å². The topological polar surface area (TPSA) is 24.9 Å². The molecular weight excluding hydrogens is 208 g/mol. The van der Waals surface area contributed by atoms with E-state index in [2.05, 4.69) is 38.0 Å². The van der Waals surface area contributed by atoms with Gasteiger partial charge >= 0.3 is 0 Å². The summed E-state index contributed by atoms with van der Waals surface area (Å²) in [4.78, 5) is 3.95. The third-order valence-electron chi connectivity index (χ3n) is 2.06. The number of hydrogen-bond acceptors (Lipinski definition) is 2. The Hall–Kier alpha value is -0.760. The van der Waals surface area contributed by atoms with Gasteiger partial charge in [0.2, 0.25) is 0 Å². The van der Waals surface area contributed by atoms with E-state index in [1.165, 1.54) is 0 Å². The van der Waals surface area contributed by atoms with Crippen LogP contribution in [0.5, 0.6) is 0 Å². The molecule has 2 nitrogen and oxygen atoms in total. The average Bonchev–Trinajstić information content (AvgIpc) is 1.99. The highest BCUT2D eigenvalue weighted by molar-refractivity contribution is 6.29. The van der Waals surface area contributed by atoms with Crippen molar-refractivity contribution in [2.45, 2.75) is 40.2 Å². The maximum Gasteiger partial charge on any atom is 0.131 e. The van der Waals surface area contributed by atoms with Crippen LogP contribution in [0.4, 0.5) is 5.69 Å². The molecule has 0 bridgehead atoms. The summed E-state index contributed by atoms with van der Waals surface area (Å²) in [5, 5.41) is 3.95. The molecule has 3 heteroatoms. The van der Waals surface area contributed by atoms with Gasteiger partial charge in [-0.15, -0.1) is 0 Å². The van der Waals surface area contributed by atoms with Gasteiger partial charge in [0.15, 0.2) is 0 Å². The van der Waals surface area contributed by atoms with Gasteiger partial charge in [0.25, 0.3) is 0 Å². The predicted molar refractivity (Wildman–Crippen MR) is 66.4 cm³/mol. The minimum atomic E-state index is 0.337. The summed E-state index contributed by atoms with van der Waals surface area (Å²) < 4.78 is 0. The molecule has 1 heterocycles. The Morgan fingerprint density at radius 1 is 1.47 bits per heavy atom. The summed E-state index contributed by atoms with van der Waals surface area (Å²) in [5.74, 6) is 0. The Kier molecular flexibility index (Phi) is 3.97. The van der Waals surface area contributed by atoms with Crippen LogP contribution in [0.2, 0.25) is 5.15 Å². The molecule has 0 radical (unpaired) electrons. The van der Waals surface area contributed by atoms with Gasteiger partial charge in [-0.25, -0.2) is 4.98 Å². The quantitative estimate of drug-likeness (QED) is 0.789. The molecule has 15 heavy (non-hydrogen) atoms. The number of hydrogen-bond donors (Lipinski definition) is 1. The molecule has 0 aromatic carbocycles. The van der Waals surface area contributed by atoms with E-state index < -0.39 is 0 Å². The summed E-state index contributed by atoms with van der Waals surface area (Å²) in [7, 11) is 0. The molecule has 1 N–H and O–H groups in total. The Bertz CT molecular complexity index is 318. The fraction of sp³-hybridized carbons (Fsp3) is 0.583. The van der Waals surface area contributed by atoms with Crippen LogP contribution in [-0.2, 0) is 0 Å². The molecule has 1 unspecified atom stereocenters. The average molecular weight is 227 g/mol. The van der Waals surface area contributed by atoms with Crippen molar-refractivity contribution in [2.75, 3.05) is 5.32 Å². The fourth-order valence-corrected chi connectivity index (χ4v) is 1.92.